The molecule has 2 aliphatic rings. The Morgan fingerprint density at radius 2 is 2.03 bits per heavy atom. The second-order valence-electron chi connectivity index (χ2n) is 7.95. The van der Waals surface area contributed by atoms with Gasteiger partial charge in [-0.2, -0.15) is 4.98 Å². The fraction of sp³-hybridized carbons (Fsp3) is 0.476. The molecule has 0 bridgehead atoms. The summed E-state index contributed by atoms with van der Waals surface area (Å²) in [5, 5.41) is 6.57. The van der Waals surface area contributed by atoms with Crippen molar-refractivity contribution >= 4 is 23.5 Å². The Hall–Kier alpha value is -3.23. The van der Waals surface area contributed by atoms with Crippen molar-refractivity contribution in [3.8, 4) is 0 Å². The molecule has 1 aliphatic heterocycles. The normalized spacial score (nSPS) is 21.5. The van der Waals surface area contributed by atoms with Gasteiger partial charge in [-0.15, -0.1) is 0 Å². The summed E-state index contributed by atoms with van der Waals surface area (Å²) in [5.74, 6) is -0.191. The number of urea groups is 1. The lowest BCUT2D eigenvalue weighted by atomic mass is 9.81. The Morgan fingerprint density at radius 3 is 2.77 bits per heavy atom. The van der Waals surface area contributed by atoms with Crippen LogP contribution in [0, 0.1) is 19.8 Å². The Bertz CT molecular complexity index is 972. The maximum atomic E-state index is 13.2. The SMILES string of the molecule is Cc1cccc(NC(=O)CN2C(=O)N(Cc3nc(C)no3)C(=O)C3CCCCC32)c1. The van der Waals surface area contributed by atoms with Crippen LogP contribution in [0.2, 0.25) is 0 Å². The summed E-state index contributed by atoms with van der Waals surface area (Å²) in [6.07, 6.45) is 3.28. The van der Waals surface area contributed by atoms with Gasteiger partial charge in [0, 0.05) is 11.7 Å². The fourth-order valence-corrected chi connectivity index (χ4v) is 4.31. The first-order chi connectivity index (χ1) is 14.4. The monoisotopic (exact) mass is 411 g/mol. The number of carbonyl (C=O) groups excluding carboxylic acids is 3. The highest BCUT2D eigenvalue weighted by molar-refractivity contribution is 6.01. The highest BCUT2D eigenvalue weighted by Crippen LogP contribution is 2.35. The van der Waals surface area contributed by atoms with Gasteiger partial charge in [0.2, 0.25) is 17.7 Å². The molecule has 1 saturated heterocycles. The number of amides is 4. The number of aryl methyl sites for hydroxylation is 2. The van der Waals surface area contributed by atoms with Crippen LogP contribution >= 0.6 is 0 Å². The molecule has 2 aromatic rings. The van der Waals surface area contributed by atoms with Crippen molar-refractivity contribution < 1.29 is 18.9 Å². The van der Waals surface area contributed by atoms with Crippen LogP contribution in [0.3, 0.4) is 0 Å². The first kappa shape index (κ1) is 20.1. The number of imide groups is 1. The molecule has 1 N–H and O–H groups in total. The number of benzene rings is 1. The highest BCUT2D eigenvalue weighted by atomic mass is 16.5. The Kier molecular flexibility index (Phi) is 5.52. The zero-order valence-electron chi connectivity index (χ0n) is 17.1. The van der Waals surface area contributed by atoms with Crippen molar-refractivity contribution in [1.82, 2.24) is 19.9 Å². The molecule has 2 unspecified atom stereocenters. The third-order valence-corrected chi connectivity index (χ3v) is 5.67. The van der Waals surface area contributed by atoms with Crippen molar-refractivity contribution in [1.29, 1.82) is 0 Å². The lowest BCUT2D eigenvalue weighted by Gasteiger charge is -2.46. The number of anilines is 1. The number of nitrogens with one attached hydrogen (secondary N) is 1. The van der Waals surface area contributed by atoms with Crippen LogP contribution in [0.1, 0.15) is 43.0 Å². The molecule has 30 heavy (non-hydrogen) atoms. The summed E-state index contributed by atoms with van der Waals surface area (Å²) in [6.45, 7) is 3.42. The maximum Gasteiger partial charge on any atom is 0.327 e. The van der Waals surface area contributed by atoms with E-state index in [0.717, 1.165) is 23.3 Å². The van der Waals surface area contributed by atoms with Gasteiger partial charge in [0.05, 0.1) is 5.92 Å². The molecular formula is C21H25N5O4. The van der Waals surface area contributed by atoms with E-state index in [1.807, 2.05) is 25.1 Å². The zero-order valence-corrected chi connectivity index (χ0v) is 17.1. The number of aromatic nitrogens is 2. The third kappa shape index (κ3) is 4.05. The lowest BCUT2D eigenvalue weighted by Crippen LogP contribution is -2.63. The van der Waals surface area contributed by atoms with E-state index in [9.17, 15) is 14.4 Å². The summed E-state index contributed by atoms with van der Waals surface area (Å²) >= 11 is 0. The van der Waals surface area contributed by atoms with E-state index < -0.39 is 6.03 Å². The molecule has 158 valence electrons. The van der Waals surface area contributed by atoms with Gasteiger partial charge in [-0.3, -0.25) is 14.5 Å². The summed E-state index contributed by atoms with van der Waals surface area (Å²) in [5.41, 5.74) is 1.71. The molecule has 9 heteroatoms. The molecule has 0 radical (unpaired) electrons. The lowest BCUT2D eigenvalue weighted by molar-refractivity contribution is -0.142. The average molecular weight is 411 g/mol. The molecule has 1 saturated carbocycles. The van der Waals surface area contributed by atoms with E-state index >= 15 is 0 Å². The van der Waals surface area contributed by atoms with Crippen LogP contribution in [-0.4, -0.2) is 50.4 Å². The topological polar surface area (TPSA) is 109 Å². The van der Waals surface area contributed by atoms with Crippen LogP contribution in [0.4, 0.5) is 10.5 Å². The maximum absolute atomic E-state index is 13.2. The molecule has 2 fully saturated rings. The predicted molar refractivity (Wildman–Crippen MR) is 107 cm³/mol. The van der Waals surface area contributed by atoms with Gasteiger partial charge in [-0.1, -0.05) is 30.1 Å². The Balaban J connectivity index is 1.53. The van der Waals surface area contributed by atoms with E-state index in [-0.39, 0.29) is 42.8 Å². The van der Waals surface area contributed by atoms with E-state index in [1.165, 1.54) is 4.90 Å². The van der Waals surface area contributed by atoms with Gasteiger partial charge in [0.1, 0.15) is 13.1 Å². The minimum Gasteiger partial charge on any atom is -0.337 e. The summed E-state index contributed by atoms with van der Waals surface area (Å²) in [6, 6.07) is 6.73. The molecular weight excluding hydrogens is 386 g/mol. The molecule has 0 spiro atoms. The van der Waals surface area contributed by atoms with Crippen molar-refractivity contribution in [3.63, 3.8) is 0 Å². The number of fused-ring (bicyclic) bond motifs is 1. The predicted octanol–water partition coefficient (Wildman–Crippen LogP) is 2.65. The Labute approximate surface area is 174 Å². The van der Waals surface area contributed by atoms with E-state index in [4.69, 9.17) is 4.52 Å². The second kappa shape index (κ2) is 8.25. The van der Waals surface area contributed by atoms with Crippen molar-refractivity contribution in [2.75, 3.05) is 11.9 Å². The summed E-state index contributed by atoms with van der Waals surface area (Å²) in [4.78, 5) is 45.7. The first-order valence-corrected chi connectivity index (χ1v) is 10.2. The van der Waals surface area contributed by atoms with Crippen molar-refractivity contribution in [2.45, 2.75) is 52.1 Å². The van der Waals surface area contributed by atoms with Crippen LogP contribution in [-0.2, 0) is 16.1 Å². The van der Waals surface area contributed by atoms with Crippen molar-refractivity contribution in [2.24, 2.45) is 5.92 Å². The van der Waals surface area contributed by atoms with E-state index in [2.05, 4.69) is 15.5 Å². The van der Waals surface area contributed by atoms with Gasteiger partial charge < -0.3 is 14.7 Å². The Morgan fingerprint density at radius 1 is 1.23 bits per heavy atom. The molecule has 2 heterocycles. The number of nitrogens with zero attached hydrogens (tertiary/aromatic N) is 4. The van der Waals surface area contributed by atoms with Gasteiger partial charge in [0.25, 0.3) is 0 Å². The molecule has 4 rings (SSSR count). The van der Waals surface area contributed by atoms with Crippen LogP contribution in [0.25, 0.3) is 0 Å². The molecule has 9 nitrogen and oxygen atoms in total. The summed E-state index contributed by atoms with van der Waals surface area (Å²) in [7, 11) is 0. The second-order valence-corrected chi connectivity index (χ2v) is 7.95. The highest BCUT2D eigenvalue weighted by Gasteiger charge is 2.47. The quantitative estimate of drug-likeness (QED) is 0.810. The van der Waals surface area contributed by atoms with Crippen molar-refractivity contribution in [3.05, 3.63) is 41.5 Å². The largest absolute Gasteiger partial charge is 0.337 e. The van der Waals surface area contributed by atoms with E-state index in [1.54, 1.807) is 13.0 Å². The summed E-state index contributed by atoms with van der Waals surface area (Å²) < 4.78 is 5.10. The molecule has 1 aromatic carbocycles. The van der Waals surface area contributed by atoms with Gasteiger partial charge >= 0.3 is 6.03 Å². The first-order valence-electron chi connectivity index (χ1n) is 10.2. The van der Waals surface area contributed by atoms with Crippen LogP contribution < -0.4 is 5.32 Å². The fourth-order valence-electron chi connectivity index (χ4n) is 4.31. The van der Waals surface area contributed by atoms with Gasteiger partial charge in [0.15, 0.2) is 5.82 Å². The molecule has 4 amide bonds. The van der Waals surface area contributed by atoms with Crippen LogP contribution in [0.15, 0.2) is 28.8 Å². The zero-order chi connectivity index (χ0) is 21.3. The van der Waals surface area contributed by atoms with Gasteiger partial charge in [-0.05, 0) is 44.4 Å². The number of rotatable bonds is 5. The number of carbonyl (C=O) groups is 3. The smallest absolute Gasteiger partial charge is 0.327 e. The number of hydrogen-bond acceptors (Lipinski definition) is 6. The van der Waals surface area contributed by atoms with E-state index in [0.29, 0.717) is 24.4 Å². The van der Waals surface area contributed by atoms with Gasteiger partial charge in [-0.25, -0.2) is 4.79 Å². The standard InChI is InChI=1S/C21H25N5O4/c1-13-6-5-7-15(10-13)23-18(27)11-25-17-9-4-3-8-16(17)20(28)26(21(25)29)12-19-22-14(2)24-30-19/h5-7,10,16-17H,3-4,8-9,11-12H2,1-2H3,(H,23,27). The molecule has 1 aromatic heterocycles. The molecule has 2 atom stereocenters. The number of hydrogen-bond donors (Lipinski definition) is 1. The minimum atomic E-state index is -0.488. The minimum absolute atomic E-state index is 0.0856. The van der Waals surface area contributed by atoms with Crippen LogP contribution in [0.5, 0.6) is 0 Å². The molecule has 1 aliphatic carbocycles. The average Bonchev–Trinajstić information content (AvgIpc) is 3.13. The third-order valence-electron chi connectivity index (χ3n) is 5.67.